The van der Waals surface area contributed by atoms with Gasteiger partial charge in [0.15, 0.2) is 0 Å². The van der Waals surface area contributed by atoms with Crippen LogP contribution in [0.4, 0.5) is 0 Å². The molecule has 2 unspecified atom stereocenters. The molecule has 1 saturated heterocycles. The summed E-state index contributed by atoms with van der Waals surface area (Å²) >= 11 is 0. The summed E-state index contributed by atoms with van der Waals surface area (Å²) in [6.07, 6.45) is 2.53. The van der Waals surface area contributed by atoms with Crippen LogP contribution in [-0.4, -0.2) is 24.1 Å². The Hall–Kier alpha value is -1.02. The zero-order valence-electron chi connectivity index (χ0n) is 12.9. The Balaban J connectivity index is 2.33. The number of nitrogens with zero attached hydrogens (tertiary/aromatic N) is 1. The van der Waals surface area contributed by atoms with Gasteiger partial charge in [0.2, 0.25) is 0 Å². The van der Waals surface area contributed by atoms with Crippen molar-refractivity contribution in [3.8, 4) is 5.75 Å². The molecule has 2 nitrogen and oxygen atoms in total. The number of benzene rings is 1. The standard InChI is InChI=1S/C17H27NO/c1-12(2)15-10-11-16(18(15)13(3)4)14-8-6-7-9-17(14)19-5/h6-9,12-13,15-16H,10-11H2,1-5H3. The summed E-state index contributed by atoms with van der Waals surface area (Å²) in [6, 6.07) is 10.2. The molecule has 2 atom stereocenters. The Kier molecular flexibility index (Phi) is 4.51. The molecule has 0 spiro atoms. The number of para-hydroxylation sites is 1. The smallest absolute Gasteiger partial charge is 0.123 e. The third-order valence-corrected chi connectivity index (χ3v) is 4.34. The van der Waals surface area contributed by atoms with Gasteiger partial charge in [0.05, 0.1) is 7.11 Å². The topological polar surface area (TPSA) is 12.5 Å². The first kappa shape index (κ1) is 14.4. The molecular formula is C17H27NO. The van der Waals surface area contributed by atoms with Crippen molar-refractivity contribution in [1.29, 1.82) is 0 Å². The predicted octanol–water partition coefficient (Wildman–Crippen LogP) is 4.27. The van der Waals surface area contributed by atoms with Gasteiger partial charge in [-0.25, -0.2) is 0 Å². The number of ether oxygens (including phenoxy) is 1. The van der Waals surface area contributed by atoms with Crippen LogP contribution in [0.3, 0.4) is 0 Å². The maximum absolute atomic E-state index is 5.55. The molecule has 2 rings (SSSR count). The van der Waals surface area contributed by atoms with Gasteiger partial charge in [0.1, 0.15) is 5.75 Å². The highest BCUT2D eigenvalue weighted by Gasteiger charge is 2.38. The van der Waals surface area contributed by atoms with Gasteiger partial charge in [0, 0.05) is 23.7 Å². The van der Waals surface area contributed by atoms with Gasteiger partial charge in [-0.15, -0.1) is 0 Å². The summed E-state index contributed by atoms with van der Waals surface area (Å²) in [6.45, 7) is 9.29. The molecule has 0 aromatic heterocycles. The number of hydrogen-bond acceptors (Lipinski definition) is 2. The molecular weight excluding hydrogens is 234 g/mol. The summed E-state index contributed by atoms with van der Waals surface area (Å²) < 4.78 is 5.55. The molecule has 1 heterocycles. The van der Waals surface area contributed by atoms with E-state index in [1.165, 1.54) is 18.4 Å². The number of likely N-dealkylation sites (tertiary alicyclic amines) is 1. The number of methoxy groups -OCH3 is 1. The normalized spacial score (nSPS) is 24.4. The van der Waals surface area contributed by atoms with Gasteiger partial charge >= 0.3 is 0 Å². The van der Waals surface area contributed by atoms with Crippen LogP contribution in [0, 0.1) is 5.92 Å². The van der Waals surface area contributed by atoms with Crippen molar-refractivity contribution in [3.63, 3.8) is 0 Å². The van der Waals surface area contributed by atoms with Crippen molar-refractivity contribution in [2.45, 2.75) is 58.7 Å². The summed E-state index contributed by atoms with van der Waals surface area (Å²) in [5.41, 5.74) is 1.35. The molecule has 1 aliphatic rings. The zero-order chi connectivity index (χ0) is 14.0. The molecule has 0 aliphatic carbocycles. The molecule has 1 fully saturated rings. The first-order valence-electron chi connectivity index (χ1n) is 7.46. The van der Waals surface area contributed by atoms with E-state index >= 15 is 0 Å². The fraction of sp³-hybridized carbons (Fsp3) is 0.647. The van der Waals surface area contributed by atoms with Crippen molar-refractivity contribution in [1.82, 2.24) is 4.90 Å². The number of hydrogen-bond donors (Lipinski definition) is 0. The highest BCUT2D eigenvalue weighted by molar-refractivity contribution is 5.36. The third kappa shape index (κ3) is 2.79. The third-order valence-electron chi connectivity index (χ3n) is 4.34. The van der Waals surface area contributed by atoms with Gasteiger partial charge in [-0.2, -0.15) is 0 Å². The van der Waals surface area contributed by atoms with Crippen LogP contribution >= 0.6 is 0 Å². The van der Waals surface area contributed by atoms with E-state index in [-0.39, 0.29) is 0 Å². The SMILES string of the molecule is COc1ccccc1C1CCC(C(C)C)N1C(C)C. The van der Waals surface area contributed by atoms with Crippen molar-refractivity contribution < 1.29 is 4.74 Å². The van der Waals surface area contributed by atoms with E-state index in [0.29, 0.717) is 24.0 Å². The lowest BCUT2D eigenvalue weighted by atomic mass is 10.0. The van der Waals surface area contributed by atoms with Crippen LogP contribution in [0.2, 0.25) is 0 Å². The number of rotatable bonds is 4. The molecule has 1 aliphatic heterocycles. The first-order valence-corrected chi connectivity index (χ1v) is 7.46. The average molecular weight is 261 g/mol. The van der Waals surface area contributed by atoms with Gasteiger partial charge in [-0.1, -0.05) is 32.0 Å². The first-order chi connectivity index (χ1) is 9.06. The highest BCUT2D eigenvalue weighted by Crippen LogP contribution is 2.43. The molecule has 0 amide bonds. The van der Waals surface area contributed by atoms with Crippen LogP contribution in [0.15, 0.2) is 24.3 Å². The van der Waals surface area contributed by atoms with E-state index in [9.17, 15) is 0 Å². The Morgan fingerprint density at radius 3 is 2.37 bits per heavy atom. The van der Waals surface area contributed by atoms with Gasteiger partial charge in [0.25, 0.3) is 0 Å². The maximum Gasteiger partial charge on any atom is 0.123 e. The molecule has 1 aromatic rings. The molecule has 0 saturated carbocycles. The minimum absolute atomic E-state index is 0.503. The maximum atomic E-state index is 5.55. The summed E-state index contributed by atoms with van der Waals surface area (Å²) in [5.74, 6) is 1.74. The Labute approximate surface area is 117 Å². The molecule has 0 radical (unpaired) electrons. The van der Waals surface area contributed by atoms with Crippen LogP contribution in [0.1, 0.15) is 52.1 Å². The second-order valence-electron chi connectivity index (χ2n) is 6.19. The van der Waals surface area contributed by atoms with Gasteiger partial charge in [-0.3, -0.25) is 4.90 Å². The average Bonchev–Trinajstić information content (AvgIpc) is 2.83. The van der Waals surface area contributed by atoms with E-state index in [1.54, 1.807) is 7.11 Å². The largest absolute Gasteiger partial charge is 0.496 e. The fourth-order valence-corrected chi connectivity index (χ4v) is 3.54. The Morgan fingerprint density at radius 1 is 1.11 bits per heavy atom. The van der Waals surface area contributed by atoms with Crippen molar-refractivity contribution >= 4 is 0 Å². The second-order valence-corrected chi connectivity index (χ2v) is 6.19. The lowest BCUT2D eigenvalue weighted by Crippen LogP contribution is -2.40. The van der Waals surface area contributed by atoms with E-state index in [0.717, 1.165) is 5.75 Å². The Bertz CT molecular complexity index is 413. The van der Waals surface area contributed by atoms with Crippen molar-refractivity contribution in [3.05, 3.63) is 29.8 Å². The van der Waals surface area contributed by atoms with Gasteiger partial charge in [-0.05, 0) is 38.7 Å². The highest BCUT2D eigenvalue weighted by atomic mass is 16.5. The van der Waals surface area contributed by atoms with Crippen LogP contribution in [0.5, 0.6) is 5.75 Å². The summed E-state index contributed by atoms with van der Waals surface area (Å²) in [4.78, 5) is 2.68. The fourth-order valence-electron chi connectivity index (χ4n) is 3.54. The minimum Gasteiger partial charge on any atom is -0.496 e. The molecule has 19 heavy (non-hydrogen) atoms. The van der Waals surface area contributed by atoms with E-state index in [2.05, 4.69) is 56.9 Å². The molecule has 0 bridgehead atoms. The summed E-state index contributed by atoms with van der Waals surface area (Å²) in [7, 11) is 1.77. The van der Waals surface area contributed by atoms with Crippen LogP contribution in [0.25, 0.3) is 0 Å². The van der Waals surface area contributed by atoms with Crippen LogP contribution < -0.4 is 4.74 Å². The van der Waals surface area contributed by atoms with Crippen molar-refractivity contribution in [2.75, 3.05) is 7.11 Å². The quantitative estimate of drug-likeness (QED) is 0.802. The van der Waals surface area contributed by atoms with Crippen LogP contribution in [-0.2, 0) is 0 Å². The molecule has 0 N–H and O–H groups in total. The molecule has 106 valence electrons. The second kappa shape index (κ2) is 5.96. The summed E-state index contributed by atoms with van der Waals surface area (Å²) in [5, 5.41) is 0. The molecule has 2 heteroatoms. The molecule has 1 aromatic carbocycles. The van der Waals surface area contributed by atoms with E-state index < -0.39 is 0 Å². The van der Waals surface area contributed by atoms with E-state index in [1.807, 2.05) is 0 Å². The van der Waals surface area contributed by atoms with E-state index in [4.69, 9.17) is 4.74 Å². The lowest BCUT2D eigenvalue weighted by Gasteiger charge is -2.36. The monoisotopic (exact) mass is 261 g/mol. The van der Waals surface area contributed by atoms with Gasteiger partial charge < -0.3 is 4.74 Å². The minimum atomic E-state index is 0.503. The zero-order valence-corrected chi connectivity index (χ0v) is 12.9. The van der Waals surface area contributed by atoms with Crippen molar-refractivity contribution in [2.24, 2.45) is 5.92 Å². The lowest BCUT2D eigenvalue weighted by molar-refractivity contribution is 0.118. The predicted molar refractivity (Wildman–Crippen MR) is 80.6 cm³/mol. The Morgan fingerprint density at radius 2 is 1.79 bits per heavy atom.